The summed E-state index contributed by atoms with van der Waals surface area (Å²) in [6.07, 6.45) is 1.81. The standard InChI is InChI=1S/C18H27N3O3/c1-3-5-10-20-18(23)24-16-11-13-8-6-7-9-14(13)12-21(16)17(22)15(19)4-2/h6-9,15-16H,3-5,10-12,19H2,1-2H3,(H,20,23)/t15-,16-/m0/s1. The number of unbranched alkanes of at least 4 members (excludes halogenated alkanes) is 1. The molecule has 0 saturated carbocycles. The van der Waals surface area contributed by atoms with Gasteiger partial charge in [0.15, 0.2) is 6.23 Å². The van der Waals surface area contributed by atoms with E-state index in [0.717, 1.165) is 24.0 Å². The highest BCUT2D eigenvalue weighted by atomic mass is 16.6. The second-order valence-corrected chi connectivity index (χ2v) is 6.09. The lowest BCUT2D eigenvalue weighted by molar-refractivity contribution is -0.145. The Balaban J connectivity index is 2.12. The summed E-state index contributed by atoms with van der Waals surface area (Å²) in [6.45, 7) is 4.90. The van der Waals surface area contributed by atoms with Gasteiger partial charge in [0, 0.05) is 19.5 Å². The number of ether oxygens (including phenoxy) is 1. The highest BCUT2D eigenvalue weighted by Gasteiger charge is 2.34. The molecule has 0 aliphatic carbocycles. The van der Waals surface area contributed by atoms with E-state index < -0.39 is 18.4 Å². The Morgan fingerprint density at radius 2 is 2.04 bits per heavy atom. The molecule has 3 N–H and O–H groups in total. The van der Waals surface area contributed by atoms with Gasteiger partial charge < -0.3 is 20.7 Å². The molecule has 1 aliphatic rings. The minimum absolute atomic E-state index is 0.182. The van der Waals surface area contributed by atoms with E-state index in [-0.39, 0.29) is 5.91 Å². The first kappa shape index (κ1) is 18.3. The lowest BCUT2D eigenvalue weighted by Crippen LogP contribution is -2.53. The molecule has 1 aromatic carbocycles. The third-order valence-electron chi connectivity index (χ3n) is 4.28. The first-order valence-electron chi connectivity index (χ1n) is 8.64. The maximum Gasteiger partial charge on any atom is 0.409 e. The quantitative estimate of drug-likeness (QED) is 0.781. The van der Waals surface area contributed by atoms with Crippen LogP contribution in [0.15, 0.2) is 24.3 Å². The van der Waals surface area contributed by atoms with Gasteiger partial charge in [0.2, 0.25) is 5.91 Å². The molecule has 0 fully saturated rings. The third-order valence-corrected chi connectivity index (χ3v) is 4.28. The lowest BCUT2D eigenvalue weighted by atomic mass is 9.98. The highest BCUT2D eigenvalue weighted by molar-refractivity contribution is 5.82. The summed E-state index contributed by atoms with van der Waals surface area (Å²) in [5.41, 5.74) is 8.08. The van der Waals surface area contributed by atoms with Crippen LogP contribution in [0.4, 0.5) is 4.79 Å². The molecule has 2 amide bonds. The normalized spacial score (nSPS) is 17.8. The van der Waals surface area contributed by atoms with Crippen LogP contribution in [0, 0.1) is 0 Å². The average Bonchev–Trinajstić information content (AvgIpc) is 2.60. The van der Waals surface area contributed by atoms with Crippen LogP contribution in [0.1, 0.15) is 44.2 Å². The van der Waals surface area contributed by atoms with Gasteiger partial charge in [-0.1, -0.05) is 44.5 Å². The van der Waals surface area contributed by atoms with Gasteiger partial charge >= 0.3 is 6.09 Å². The van der Waals surface area contributed by atoms with E-state index in [1.807, 2.05) is 31.2 Å². The van der Waals surface area contributed by atoms with Crippen LogP contribution < -0.4 is 11.1 Å². The Bertz CT molecular complexity index is 576. The van der Waals surface area contributed by atoms with E-state index in [2.05, 4.69) is 12.2 Å². The number of rotatable bonds is 6. The molecule has 132 valence electrons. The van der Waals surface area contributed by atoms with Crippen LogP contribution in [0.3, 0.4) is 0 Å². The molecule has 6 nitrogen and oxygen atoms in total. The van der Waals surface area contributed by atoms with Crippen molar-refractivity contribution in [2.45, 2.75) is 58.3 Å². The van der Waals surface area contributed by atoms with Gasteiger partial charge in [-0.05, 0) is 24.0 Å². The second kappa shape index (κ2) is 8.68. The van der Waals surface area contributed by atoms with Crippen molar-refractivity contribution in [1.82, 2.24) is 10.2 Å². The molecule has 2 atom stereocenters. The molecule has 0 unspecified atom stereocenters. The van der Waals surface area contributed by atoms with Crippen molar-refractivity contribution in [2.24, 2.45) is 5.73 Å². The van der Waals surface area contributed by atoms with Crippen molar-refractivity contribution in [2.75, 3.05) is 6.54 Å². The first-order chi connectivity index (χ1) is 11.6. The van der Waals surface area contributed by atoms with Gasteiger partial charge in [0.25, 0.3) is 0 Å². The van der Waals surface area contributed by atoms with E-state index >= 15 is 0 Å². The Morgan fingerprint density at radius 3 is 2.71 bits per heavy atom. The zero-order valence-electron chi connectivity index (χ0n) is 14.5. The Kier molecular flexibility index (Phi) is 6.61. The summed E-state index contributed by atoms with van der Waals surface area (Å²) >= 11 is 0. The van der Waals surface area contributed by atoms with E-state index in [0.29, 0.717) is 25.9 Å². The number of benzene rings is 1. The van der Waals surface area contributed by atoms with Crippen LogP contribution in [0.2, 0.25) is 0 Å². The Hall–Kier alpha value is -2.08. The van der Waals surface area contributed by atoms with Crippen LogP contribution in [0.5, 0.6) is 0 Å². The van der Waals surface area contributed by atoms with Gasteiger partial charge in [-0.25, -0.2) is 4.79 Å². The summed E-state index contributed by atoms with van der Waals surface area (Å²) in [7, 11) is 0. The number of nitrogens with zero attached hydrogens (tertiary/aromatic N) is 1. The highest BCUT2D eigenvalue weighted by Crippen LogP contribution is 2.24. The Morgan fingerprint density at radius 1 is 1.33 bits per heavy atom. The molecular weight excluding hydrogens is 306 g/mol. The average molecular weight is 333 g/mol. The smallest absolute Gasteiger partial charge is 0.409 e. The topological polar surface area (TPSA) is 84.7 Å². The van der Waals surface area contributed by atoms with Crippen LogP contribution in [-0.4, -0.2) is 35.7 Å². The van der Waals surface area contributed by atoms with Crippen molar-refractivity contribution >= 4 is 12.0 Å². The molecule has 24 heavy (non-hydrogen) atoms. The van der Waals surface area contributed by atoms with Gasteiger partial charge in [0.05, 0.1) is 6.04 Å². The summed E-state index contributed by atoms with van der Waals surface area (Å²) in [5, 5.41) is 2.73. The number of fused-ring (bicyclic) bond motifs is 1. The molecule has 0 bridgehead atoms. The van der Waals surface area contributed by atoms with Gasteiger partial charge in [-0.15, -0.1) is 0 Å². The largest absolute Gasteiger partial charge is 0.425 e. The number of hydrogen-bond donors (Lipinski definition) is 2. The van der Waals surface area contributed by atoms with Crippen LogP contribution in [-0.2, 0) is 22.5 Å². The second-order valence-electron chi connectivity index (χ2n) is 6.09. The van der Waals surface area contributed by atoms with Crippen molar-refractivity contribution in [3.05, 3.63) is 35.4 Å². The summed E-state index contributed by atoms with van der Waals surface area (Å²) in [5.74, 6) is -0.182. The zero-order chi connectivity index (χ0) is 17.5. The first-order valence-corrected chi connectivity index (χ1v) is 8.64. The zero-order valence-corrected chi connectivity index (χ0v) is 14.5. The fourth-order valence-corrected chi connectivity index (χ4v) is 2.74. The monoisotopic (exact) mass is 333 g/mol. The van der Waals surface area contributed by atoms with E-state index in [4.69, 9.17) is 10.5 Å². The van der Waals surface area contributed by atoms with Crippen LogP contribution in [0.25, 0.3) is 0 Å². The summed E-state index contributed by atoms with van der Waals surface area (Å²) in [6, 6.07) is 7.31. The number of carbonyl (C=O) groups excluding carboxylic acids is 2. The molecule has 0 radical (unpaired) electrons. The number of amides is 2. The van der Waals surface area contributed by atoms with Crippen molar-refractivity contribution in [3.63, 3.8) is 0 Å². The fraction of sp³-hybridized carbons (Fsp3) is 0.556. The maximum atomic E-state index is 12.6. The van der Waals surface area contributed by atoms with E-state index in [9.17, 15) is 9.59 Å². The molecule has 0 aromatic heterocycles. The number of nitrogens with one attached hydrogen (secondary N) is 1. The number of alkyl carbamates (subject to hydrolysis) is 1. The third kappa shape index (κ3) is 4.47. The molecule has 1 aromatic rings. The van der Waals surface area contributed by atoms with Gasteiger partial charge in [-0.2, -0.15) is 0 Å². The van der Waals surface area contributed by atoms with Crippen molar-refractivity contribution in [1.29, 1.82) is 0 Å². The summed E-state index contributed by atoms with van der Waals surface area (Å²) in [4.78, 5) is 26.2. The lowest BCUT2D eigenvalue weighted by Gasteiger charge is -2.37. The molecule has 1 heterocycles. The predicted molar refractivity (Wildman–Crippen MR) is 92.1 cm³/mol. The number of nitrogens with two attached hydrogens (primary N) is 1. The molecule has 2 rings (SSSR count). The molecule has 1 aliphatic heterocycles. The van der Waals surface area contributed by atoms with Gasteiger partial charge in [-0.3, -0.25) is 4.79 Å². The minimum Gasteiger partial charge on any atom is -0.425 e. The molecule has 6 heteroatoms. The fourth-order valence-electron chi connectivity index (χ4n) is 2.74. The SMILES string of the molecule is CCCCNC(=O)O[C@H]1Cc2ccccc2CN1C(=O)[C@@H](N)CC. The summed E-state index contributed by atoms with van der Waals surface area (Å²) < 4.78 is 5.52. The maximum absolute atomic E-state index is 12.6. The molecule has 0 spiro atoms. The van der Waals surface area contributed by atoms with E-state index in [1.165, 1.54) is 0 Å². The number of hydrogen-bond acceptors (Lipinski definition) is 4. The van der Waals surface area contributed by atoms with E-state index in [1.54, 1.807) is 4.90 Å². The van der Waals surface area contributed by atoms with Crippen LogP contribution >= 0.6 is 0 Å². The van der Waals surface area contributed by atoms with Crippen molar-refractivity contribution < 1.29 is 14.3 Å². The molecule has 0 saturated heterocycles. The van der Waals surface area contributed by atoms with Gasteiger partial charge in [0.1, 0.15) is 0 Å². The number of carbonyl (C=O) groups is 2. The minimum atomic E-state index is -0.619. The predicted octanol–water partition coefficient (Wildman–Crippen LogP) is 2.16. The molecular formula is C18H27N3O3. The van der Waals surface area contributed by atoms with Crippen molar-refractivity contribution in [3.8, 4) is 0 Å². The Labute approximate surface area is 143 Å².